The highest BCUT2D eigenvalue weighted by molar-refractivity contribution is 9.09. The topological polar surface area (TPSA) is 46.5 Å². The van der Waals surface area contributed by atoms with Gasteiger partial charge in [0.2, 0.25) is 0 Å². The van der Waals surface area contributed by atoms with Gasteiger partial charge in [0.15, 0.2) is 6.61 Å². The SMILES string of the molecule is O=C(O)COc1cccc2c1CCCC2CCBr. The Labute approximate surface area is 115 Å². The largest absolute Gasteiger partial charge is 0.482 e. The fourth-order valence-electron chi connectivity index (χ4n) is 2.62. The zero-order valence-corrected chi connectivity index (χ0v) is 11.8. The number of carboxylic acids is 1. The quantitative estimate of drug-likeness (QED) is 0.848. The van der Waals surface area contributed by atoms with E-state index in [0.29, 0.717) is 5.92 Å². The number of hydrogen-bond acceptors (Lipinski definition) is 2. The molecule has 0 saturated carbocycles. The molecule has 2 rings (SSSR count). The van der Waals surface area contributed by atoms with Gasteiger partial charge in [0, 0.05) is 5.33 Å². The van der Waals surface area contributed by atoms with Crippen LogP contribution in [0.1, 0.15) is 36.3 Å². The highest BCUT2D eigenvalue weighted by atomic mass is 79.9. The highest BCUT2D eigenvalue weighted by Gasteiger charge is 2.22. The van der Waals surface area contributed by atoms with Gasteiger partial charge < -0.3 is 9.84 Å². The van der Waals surface area contributed by atoms with E-state index in [1.807, 2.05) is 12.1 Å². The van der Waals surface area contributed by atoms with Crippen LogP contribution in [-0.2, 0) is 11.2 Å². The van der Waals surface area contributed by atoms with Gasteiger partial charge in [-0.25, -0.2) is 4.79 Å². The first-order valence-electron chi connectivity index (χ1n) is 6.24. The summed E-state index contributed by atoms with van der Waals surface area (Å²) < 4.78 is 5.38. The van der Waals surface area contributed by atoms with Crippen molar-refractivity contribution in [1.29, 1.82) is 0 Å². The summed E-state index contributed by atoms with van der Waals surface area (Å²) in [6, 6.07) is 5.98. The van der Waals surface area contributed by atoms with E-state index in [2.05, 4.69) is 22.0 Å². The molecule has 0 radical (unpaired) electrons. The molecular formula is C14H17BrO3. The first-order valence-corrected chi connectivity index (χ1v) is 7.37. The Morgan fingerprint density at radius 2 is 2.33 bits per heavy atom. The fourth-order valence-corrected chi connectivity index (χ4v) is 3.17. The number of carbonyl (C=O) groups is 1. The molecule has 0 saturated heterocycles. The van der Waals surface area contributed by atoms with E-state index in [0.717, 1.165) is 30.3 Å². The maximum atomic E-state index is 10.6. The van der Waals surface area contributed by atoms with Crippen molar-refractivity contribution in [2.45, 2.75) is 31.6 Å². The van der Waals surface area contributed by atoms with Crippen LogP contribution in [0.4, 0.5) is 0 Å². The van der Waals surface area contributed by atoms with Crippen LogP contribution in [0.3, 0.4) is 0 Å². The van der Waals surface area contributed by atoms with Crippen LogP contribution in [0.2, 0.25) is 0 Å². The first-order chi connectivity index (χ1) is 8.72. The van der Waals surface area contributed by atoms with E-state index < -0.39 is 5.97 Å². The molecule has 0 amide bonds. The molecule has 18 heavy (non-hydrogen) atoms. The molecule has 1 aromatic carbocycles. The second-order valence-corrected chi connectivity index (χ2v) is 5.37. The normalized spacial score (nSPS) is 18.2. The number of alkyl halides is 1. The Hall–Kier alpha value is -1.03. The monoisotopic (exact) mass is 312 g/mol. The second-order valence-electron chi connectivity index (χ2n) is 4.57. The lowest BCUT2D eigenvalue weighted by atomic mass is 9.81. The van der Waals surface area contributed by atoms with E-state index in [1.54, 1.807) is 0 Å². The van der Waals surface area contributed by atoms with Crippen LogP contribution in [0.15, 0.2) is 18.2 Å². The molecule has 0 aromatic heterocycles. The second kappa shape index (κ2) is 6.23. The van der Waals surface area contributed by atoms with E-state index in [4.69, 9.17) is 9.84 Å². The summed E-state index contributed by atoms with van der Waals surface area (Å²) in [7, 11) is 0. The van der Waals surface area contributed by atoms with Crippen molar-refractivity contribution in [2.75, 3.05) is 11.9 Å². The summed E-state index contributed by atoms with van der Waals surface area (Å²) in [5, 5.41) is 9.68. The molecule has 4 heteroatoms. The number of rotatable bonds is 5. The van der Waals surface area contributed by atoms with Gasteiger partial charge in [0.25, 0.3) is 0 Å². The molecule has 98 valence electrons. The number of aliphatic carboxylic acids is 1. The van der Waals surface area contributed by atoms with Gasteiger partial charge >= 0.3 is 5.97 Å². The summed E-state index contributed by atoms with van der Waals surface area (Å²) in [6.07, 6.45) is 4.47. The predicted octanol–water partition coefficient (Wildman–Crippen LogP) is 3.35. The summed E-state index contributed by atoms with van der Waals surface area (Å²) >= 11 is 3.50. The van der Waals surface area contributed by atoms with Gasteiger partial charge in [-0.15, -0.1) is 0 Å². The molecule has 1 atom stereocenters. The van der Waals surface area contributed by atoms with Gasteiger partial charge in [-0.2, -0.15) is 0 Å². The van der Waals surface area contributed by atoms with Crippen molar-refractivity contribution in [3.05, 3.63) is 29.3 Å². The number of benzene rings is 1. The average molecular weight is 313 g/mol. The van der Waals surface area contributed by atoms with E-state index in [-0.39, 0.29) is 6.61 Å². The Balaban J connectivity index is 2.22. The van der Waals surface area contributed by atoms with Gasteiger partial charge in [0.05, 0.1) is 0 Å². The summed E-state index contributed by atoms with van der Waals surface area (Å²) in [5.41, 5.74) is 2.54. The molecule has 1 unspecified atom stereocenters. The molecule has 0 aliphatic heterocycles. The summed E-state index contributed by atoms with van der Waals surface area (Å²) in [5.74, 6) is 0.385. The Morgan fingerprint density at radius 1 is 1.50 bits per heavy atom. The molecule has 0 heterocycles. The van der Waals surface area contributed by atoms with Crippen LogP contribution in [0.25, 0.3) is 0 Å². The maximum Gasteiger partial charge on any atom is 0.341 e. The number of hydrogen-bond donors (Lipinski definition) is 1. The fraction of sp³-hybridized carbons (Fsp3) is 0.500. The Morgan fingerprint density at radius 3 is 3.06 bits per heavy atom. The minimum absolute atomic E-state index is 0.264. The summed E-state index contributed by atoms with van der Waals surface area (Å²) in [4.78, 5) is 10.6. The lowest BCUT2D eigenvalue weighted by molar-refractivity contribution is -0.139. The Bertz CT molecular complexity index is 431. The van der Waals surface area contributed by atoms with Crippen LogP contribution < -0.4 is 4.74 Å². The van der Waals surface area contributed by atoms with Crippen LogP contribution >= 0.6 is 15.9 Å². The van der Waals surface area contributed by atoms with Crippen LogP contribution in [0, 0.1) is 0 Å². The number of fused-ring (bicyclic) bond motifs is 1. The van der Waals surface area contributed by atoms with Gasteiger partial charge in [-0.3, -0.25) is 0 Å². The van der Waals surface area contributed by atoms with Crippen molar-refractivity contribution in [1.82, 2.24) is 0 Å². The number of carboxylic acid groups (broad SMARTS) is 1. The lowest BCUT2D eigenvalue weighted by Crippen LogP contribution is -2.15. The van der Waals surface area contributed by atoms with Crippen molar-refractivity contribution in [3.63, 3.8) is 0 Å². The minimum Gasteiger partial charge on any atom is -0.482 e. The average Bonchev–Trinajstić information content (AvgIpc) is 2.37. The highest BCUT2D eigenvalue weighted by Crippen LogP contribution is 2.38. The smallest absolute Gasteiger partial charge is 0.341 e. The molecule has 3 nitrogen and oxygen atoms in total. The first kappa shape index (κ1) is 13.4. The number of ether oxygens (including phenoxy) is 1. The van der Waals surface area contributed by atoms with Crippen molar-refractivity contribution >= 4 is 21.9 Å². The maximum absolute atomic E-state index is 10.6. The van der Waals surface area contributed by atoms with Crippen molar-refractivity contribution < 1.29 is 14.6 Å². The van der Waals surface area contributed by atoms with Crippen LogP contribution in [-0.4, -0.2) is 23.0 Å². The van der Waals surface area contributed by atoms with Crippen molar-refractivity contribution in [3.8, 4) is 5.75 Å². The molecule has 1 N–H and O–H groups in total. The van der Waals surface area contributed by atoms with Gasteiger partial charge in [-0.1, -0.05) is 28.1 Å². The van der Waals surface area contributed by atoms with E-state index >= 15 is 0 Å². The van der Waals surface area contributed by atoms with Crippen molar-refractivity contribution in [2.24, 2.45) is 0 Å². The van der Waals surface area contributed by atoms with Crippen LogP contribution in [0.5, 0.6) is 5.75 Å². The Kier molecular flexibility index (Phi) is 4.64. The van der Waals surface area contributed by atoms with Gasteiger partial charge in [-0.05, 0) is 48.8 Å². The lowest BCUT2D eigenvalue weighted by Gasteiger charge is -2.26. The van der Waals surface area contributed by atoms with E-state index in [9.17, 15) is 4.79 Å². The standard InChI is InChI=1S/C14H17BrO3/c15-8-7-10-3-1-5-12-11(10)4-2-6-13(12)18-9-14(16)17/h2,4,6,10H,1,3,5,7-9H2,(H,16,17). The minimum atomic E-state index is -0.930. The third-order valence-electron chi connectivity index (χ3n) is 3.40. The molecule has 1 aromatic rings. The molecule has 1 aliphatic rings. The number of halogens is 1. The third kappa shape index (κ3) is 3.05. The molecule has 0 fully saturated rings. The third-order valence-corrected chi connectivity index (χ3v) is 3.86. The van der Waals surface area contributed by atoms with Gasteiger partial charge in [0.1, 0.15) is 5.75 Å². The molecule has 1 aliphatic carbocycles. The molecule has 0 bridgehead atoms. The van der Waals surface area contributed by atoms with E-state index in [1.165, 1.54) is 17.5 Å². The summed E-state index contributed by atoms with van der Waals surface area (Å²) in [6.45, 7) is -0.264. The zero-order chi connectivity index (χ0) is 13.0. The molecular weight excluding hydrogens is 296 g/mol. The molecule has 0 spiro atoms. The predicted molar refractivity (Wildman–Crippen MR) is 73.7 cm³/mol. The zero-order valence-electron chi connectivity index (χ0n) is 10.2.